The van der Waals surface area contributed by atoms with E-state index in [-0.39, 0.29) is 12.7 Å². The van der Waals surface area contributed by atoms with Gasteiger partial charge in [-0.1, -0.05) is 12.1 Å². The van der Waals surface area contributed by atoms with Gasteiger partial charge in [-0.2, -0.15) is 0 Å². The van der Waals surface area contributed by atoms with Crippen molar-refractivity contribution in [3.05, 3.63) is 53.9 Å². The zero-order chi connectivity index (χ0) is 16.6. The fourth-order valence-electron chi connectivity index (χ4n) is 2.65. The predicted octanol–water partition coefficient (Wildman–Crippen LogP) is 2.88. The fourth-order valence-corrected chi connectivity index (χ4v) is 2.65. The van der Waals surface area contributed by atoms with Crippen molar-refractivity contribution in [1.29, 1.82) is 0 Å². The Morgan fingerprint density at radius 2 is 2.00 bits per heavy atom. The average Bonchev–Trinajstić information content (AvgIpc) is 3.08. The van der Waals surface area contributed by atoms with Gasteiger partial charge in [0.25, 0.3) is 0 Å². The highest BCUT2D eigenvalue weighted by molar-refractivity contribution is 5.76. The van der Waals surface area contributed by atoms with Crippen LogP contribution in [0.15, 0.2) is 42.6 Å². The highest BCUT2D eigenvalue weighted by atomic mass is 16.7. The largest absolute Gasteiger partial charge is 0.454 e. The smallest absolute Gasteiger partial charge is 0.231 e. The number of nitrogens with one attached hydrogen (secondary N) is 1. The second kappa shape index (κ2) is 8.34. The lowest BCUT2D eigenvalue weighted by molar-refractivity contribution is -0.121. The third-order valence-electron chi connectivity index (χ3n) is 3.99. The molecule has 2 aromatic rings. The summed E-state index contributed by atoms with van der Waals surface area (Å²) >= 11 is 0. The van der Waals surface area contributed by atoms with E-state index < -0.39 is 0 Å². The molecule has 1 aromatic carbocycles. The zero-order valence-corrected chi connectivity index (χ0v) is 13.7. The molecule has 0 spiro atoms. The number of aryl methyl sites for hydroxylation is 2. The van der Waals surface area contributed by atoms with Gasteiger partial charge in [0.1, 0.15) is 0 Å². The van der Waals surface area contributed by atoms with Crippen LogP contribution in [0.1, 0.15) is 30.5 Å². The number of hydrogen-bond donors (Lipinski definition) is 1. The van der Waals surface area contributed by atoms with Crippen molar-refractivity contribution in [2.24, 2.45) is 0 Å². The molecule has 24 heavy (non-hydrogen) atoms. The van der Waals surface area contributed by atoms with E-state index in [4.69, 9.17) is 9.47 Å². The Kier molecular flexibility index (Phi) is 5.66. The molecule has 1 aliphatic heterocycles. The number of fused-ring (bicyclic) bond motifs is 1. The summed E-state index contributed by atoms with van der Waals surface area (Å²) in [5.74, 6) is 1.63. The van der Waals surface area contributed by atoms with E-state index in [1.165, 1.54) is 0 Å². The number of nitrogens with zero attached hydrogens (tertiary/aromatic N) is 1. The molecule has 1 N–H and O–H groups in total. The minimum Gasteiger partial charge on any atom is -0.454 e. The van der Waals surface area contributed by atoms with Crippen LogP contribution in [0.5, 0.6) is 11.5 Å². The molecular weight excluding hydrogens is 304 g/mol. The van der Waals surface area contributed by atoms with Gasteiger partial charge < -0.3 is 14.8 Å². The molecule has 0 bridgehead atoms. The van der Waals surface area contributed by atoms with E-state index in [2.05, 4.69) is 10.3 Å². The van der Waals surface area contributed by atoms with E-state index in [1.807, 2.05) is 42.6 Å². The molecule has 1 aromatic heterocycles. The molecule has 5 nitrogen and oxygen atoms in total. The Morgan fingerprint density at radius 1 is 1.08 bits per heavy atom. The van der Waals surface area contributed by atoms with Crippen LogP contribution in [0.25, 0.3) is 0 Å². The van der Waals surface area contributed by atoms with Crippen molar-refractivity contribution in [3.63, 3.8) is 0 Å². The Morgan fingerprint density at radius 3 is 2.88 bits per heavy atom. The van der Waals surface area contributed by atoms with Gasteiger partial charge >= 0.3 is 0 Å². The summed E-state index contributed by atoms with van der Waals surface area (Å²) in [5.41, 5.74) is 2.19. The topological polar surface area (TPSA) is 60.5 Å². The quantitative estimate of drug-likeness (QED) is 0.758. The summed E-state index contributed by atoms with van der Waals surface area (Å²) in [6, 6.07) is 11.8. The normalized spacial score (nSPS) is 12.2. The molecule has 5 heteroatoms. The van der Waals surface area contributed by atoms with Crippen molar-refractivity contribution in [2.45, 2.75) is 32.1 Å². The number of ether oxygens (including phenoxy) is 2. The summed E-state index contributed by atoms with van der Waals surface area (Å²) in [5, 5.41) is 2.98. The van der Waals surface area contributed by atoms with Gasteiger partial charge in [-0.25, -0.2) is 0 Å². The average molecular weight is 326 g/mol. The molecule has 0 saturated carbocycles. The third kappa shape index (κ3) is 4.72. The SMILES string of the molecule is O=C(CCc1ccc2c(c1)OCO2)NCCCCc1ccccn1. The first-order valence-corrected chi connectivity index (χ1v) is 8.36. The highest BCUT2D eigenvalue weighted by Crippen LogP contribution is 2.32. The Labute approximate surface area is 142 Å². The molecule has 0 aliphatic carbocycles. The van der Waals surface area contributed by atoms with Crippen molar-refractivity contribution < 1.29 is 14.3 Å². The summed E-state index contributed by atoms with van der Waals surface area (Å²) in [4.78, 5) is 16.2. The molecule has 2 heterocycles. The summed E-state index contributed by atoms with van der Waals surface area (Å²) in [7, 11) is 0. The van der Waals surface area contributed by atoms with Gasteiger partial charge in [-0.3, -0.25) is 9.78 Å². The number of hydrogen-bond acceptors (Lipinski definition) is 4. The molecule has 0 fully saturated rings. The van der Waals surface area contributed by atoms with Crippen molar-refractivity contribution >= 4 is 5.91 Å². The monoisotopic (exact) mass is 326 g/mol. The molecule has 0 unspecified atom stereocenters. The number of pyridine rings is 1. The summed E-state index contributed by atoms with van der Waals surface area (Å²) in [6.07, 6.45) is 5.95. The minimum atomic E-state index is 0.0884. The van der Waals surface area contributed by atoms with Crippen LogP contribution in [0.2, 0.25) is 0 Å². The van der Waals surface area contributed by atoms with Crippen LogP contribution >= 0.6 is 0 Å². The molecule has 3 rings (SSSR count). The predicted molar refractivity (Wildman–Crippen MR) is 91.1 cm³/mol. The lowest BCUT2D eigenvalue weighted by Crippen LogP contribution is -2.24. The van der Waals surface area contributed by atoms with Crippen LogP contribution in [0.3, 0.4) is 0 Å². The molecule has 0 atom stereocenters. The van der Waals surface area contributed by atoms with E-state index >= 15 is 0 Å². The third-order valence-corrected chi connectivity index (χ3v) is 3.99. The maximum atomic E-state index is 11.9. The van der Waals surface area contributed by atoms with Crippen LogP contribution in [-0.2, 0) is 17.6 Å². The lowest BCUT2D eigenvalue weighted by Gasteiger charge is -2.06. The van der Waals surface area contributed by atoms with E-state index in [1.54, 1.807) is 0 Å². The van der Waals surface area contributed by atoms with E-state index in [9.17, 15) is 4.79 Å². The Bertz CT molecular complexity index is 674. The van der Waals surface area contributed by atoms with Gasteiger partial charge in [0.05, 0.1) is 0 Å². The molecule has 126 valence electrons. The number of benzene rings is 1. The van der Waals surface area contributed by atoms with Crippen LogP contribution in [-0.4, -0.2) is 24.2 Å². The zero-order valence-electron chi connectivity index (χ0n) is 13.7. The number of carbonyl (C=O) groups excluding carboxylic acids is 1. The van der Waals surface area contributed by atoms with Gasteiger partial charge in [0, 0.05) is 24.9 Å². The minimum absolute atomic E-state index is 0.0884. The Hall–Kier alpha value is -2.56. The maximum absolute atomic E-state index is 11.9. The summed E-state index contributed by atoms with van der Waals surface area (Å²) in [6.45, 7) is 0.991. The van der Waals surface area contributed by atoms with Gasteiger partial charge in [0.2, 0.25) is 12.7 Å². The molecule has 1 amide bonds. The van der Waals surface area contributed by atoms with Crippen molar-refractivity contribution in [2.75, 3.05) is 13.3 Å². The number of carbonyl (C=O) groups is 1. The molecule has 0 radical (unpaired) electrons. The van der Waals surface area contributed by atoms with E-state index in [0.29, 0.717) is 19.4 Å². The Balaban J connectivity index is 1.30. The second-order valence-corrected chi connectivity index (χ2v) is 5.82. The number of amides is 1. The molecule has 1 aliphatic rings. The van der Waals surface area contributed by atoms with Crippen LogP contribution in [0.4, 0.5) is 0 Å². The van der Waals surface area contributed by atoms with Crippen molar-refractivity contribution in [1.82, 2.24) is 10.3 Å². The number of aromatic nitrogens is 1. The maximum Gasteiger partial charge on any atom is 0.231 e. The van der Waals surface area contributed by atoms with Gasteiger partial charge in [-0.15, -0.1) is 0 Å². The first-order chi connectivity index (χ1) is 11.8. The molecular formula is C19H22N2O3. The summed E-state index contributed by atoms with van der Waals surface area (Å²) < 4.78 is 10.6. The molecule has 0 saturated heterocycles. The van der Waals surface area contributed by atoms with Crippen LogP contribution in [0, 0.1) is 0 Å². The van der Waals surface area contributed by atoms with Gasteiger partial charge in [-0.05, 0) is 55.5 Å². The van der Waals surface area contributed by atoms with Crippen molar-refractivity contribution in [3.8, 4) is 11.5 Å². The van der Waals surface area contributed by atoms with Crippen LogP contribution < -0.4 is 14.8 Å². The second-order valence-electron chi connectivity index (χ2n) is 5.82. The standard InChI is InChI=1S/C19H22N2O3/c22-19(21-12-4-2-6-16-5-1-3-11-20-16)10-8-15-7-9-17-18(13-15)24-14-23-17/h1,3,5,7,9,11,13H,2,4,6,8,10,12,14H2,(H,21,22). The lowest BCUT2D eigenvalue weighted by atomic mass is 10.1. The van der Waals surface area contributed by atoms with Gasteiger partial charge in [0.15, 0.2) is 11.5 Å². The number of unbranched alkanes of at least 4 members (excludes halogenated alkanes) is 1. The van der Waals surface area contributed by atoms with E-state index in [0.717, 1.165) is 42.0 Å². The fraction of sp³-hybridized carbons (Fsp3) is 0.368. The first-order valence-electron chi connectivity index (χ1n) is 8.36. The highest BCUT2D eigenvalue weighted by Gasteiger charge is 2.13. The number of rotatable bonds is 8. The first kappa shape index (κ1) is 16.3.